The van der Waals surface area contributed by atoms with Crippen molar-refractivity contribution in [3.63, 3.8) is 0 Å². The van der Waals surface area contributed by atoms with Crippen LogP contribution in [-0.2, 0) is 4.79 Å². The third kappa shape index (κ3) is 2.00. The minimum absolute atomic E-state index is 0.0288. The number of carbonyl (C=O) groups excluding carboxylic acids is 1. The van der Waals surface area contributed by atoms with Gasteiger partial charge >= 0.3 is 5.97 Å². The molecule has 90 valence electrons. The Morgan fingerprint density at radius 1 is 1.11 bits per heavy atom. The highest BCUT2D eigenvalue weighted by atomic mass is 35.5. The van der Waals surface area contributed by atoms with E-state index in [0.29, 0.717) is 17.2 Å². The SMILES string of the molecule is O=C1CC(c2ccccc2)c2cc(Cl)ccc2O1. The molecule has 18 heavy (non-hydrogen) atoms. The first-order valence-corrected chi connectivity index (χ1v) is 6.17. The second-order valence-electron chi connectivity index (χ2n) is 4.32. The summed E-state index contributed by atoms with van der Waals surface area (Å²) in [6.45, 7) is 0. The van der Waals surface area contributed by atoms with Gasteiger partial charge in [0.1, 0.15) is 5.75 Å². The third-order valence-corrected chi connectivity index (χ3v) is 3.38. The van der Waals surface area contributed by atoms with Crippen molar-refractivity contribution < 1.29 is 9.53 Å². The van der Waals surface area contributed by atoms with E-state index in [0.717, 1.165) is 11.1 Å². The fourth-order valence-electron chi connectivity index (χ4n) is 2.31. The van der Waals surface area contributed by atoms with Crippen LogP contribution in [0.1, 0.15) is 23.5 Å². The molecule has 0 N–H and O–H groups in total. The minimum atomic E-state index is -0.196. The number of hydrogen-bond acceptors (Lipinski definition) is 2. The van der Waals surface area contributed by atoms with Crippen LogP contribution in [0.15, 0.2) is 48.5 Å². The number of esters is 1. The molecule has 0 fully saturated rings. The predicted molar refractivity (Wildman–Crippen MR) is 70.0 cm³/mol. The fraction of sp³-hybridized carbons (Fsp3) is 0.133. The number of carbonyl (C=O) groups is 1. The van der Waals surface area contributed by atoms with Crippen molar-refractivity contribution >= 4 is 17.6 Å². The second-order valence-corrected chi connectivity index (χ2v) is 4.76. The summed E-state index contributed by atoms with van der Waals surface area (Å²) in [4.78, 5) is 11.6. The highest BCUT2D eigenvalue weighted by molar-refractivity contribution is 6.30. The molecular weight excluding hydrogens is 248 g/mol. The number of ether oxygens (including phenoxy) is 1. The monoisotopic (exact) mass is 258 g/mol. The lowest BCUT2D eigenvalue weighted by Gasteiger charge is -2.24. The molecule has 2 nitrogen and oxygen atoms in total. The molecule has 2 aromatic rings. The zero-order chi connectivity index (χ0) is 12.5. The number of rotatable bonds is 1. The Kier molecular flexibility index (Phi) is 2.80. The lowest BCUT2D eigenvalue weighted by molar-refractivity contribution is -0.135. The van der Waals surface area contributed by atoms with Gasteiger partial charge < -0.3 is 4.74 Å². The van der Waals surface area contributed by atoms with Crippen LogP contribution in [-0.4, -0.2) is 5.97 Å². The Balaban J connectivity index is 2.12. The molecule has 0 aliphatic carbocycles. The van der Waals surface area contributed by atoms with Crippen LogP contribution < -0.4 is 4.74 Å². The number of hydrogen-bond donors (Lipinski definition) is 0. The van der Waals surface area contributed by atoms with Gasteiger partial charge in [-0.15, -0.1) is 0 Å². The molecule has 1 unspecified atom stereocenters. The van der Waals surface area contributed by atoms with Gasteiger partial charge in [-0.3, -0.25) is 4.79 Å². The molecule has 0 radical (unpaired) electrons. The van der Waals surface area contributed by atoms with E-state index in [2.05, 4.69) is 0 Å². The van der Waals surface area contributed by atoms with E-state index in [4.69, 9.17) is 16.3 Å². The zero-order valence-corrected chi connectivity index (χ0v) is 10.4. The van der Waals surface area contributed by atoms with Crippen molar-refractivity contribution in [3.05, 3.63) is 64.7 Å². The molecule has 1 atom stereocenters. The lowest BCUT2D eigenvalue weighted by Crippen LogP contribution is -2.20. The number of fused-ring (bicyclic) bond motifs is 1. The van der Waals surface area contributed by atoms with Crippen molar-refractivity contribution in [2.75, 3.05) is 0 Å². The quantitative estimate of drug-likeness (QED) is 0.575. The van der Waals surface area contributed by atoms with E-state index in [1.807, 2.05) is 36.4 Å². The van der Waals surface area contributed by atoms with Crippen molar-refractivity contribution in [2.24, 2.45) is 0 Å². The molecule has 0 saturated heterocycles. The normalized spacial score (nSPS) is 18.1. The first-order valence-electron chi connectivity index (χ1n) is 5.79. The van der Waals surface area contributed by atoms with Gasteiger partial charge in [-0.1, -0.05) is 41.9 Å². The van der Waals surface area contributed by atoms with Crippen LogP contribution in [0.25, 0.3) is 0 Å². The molecule has 2 aromatic carbocycles. The Morgan fingerprint density at radius 2 is 1.89 bits per heavy atom. The summed E-state index contributed by atoms with van der Waals surface area (Å²) in [5.41, 5.74) is 2.09. The Labute approximate surface area is 110 Å². The fourth-order valence-corrected chi connectivity index (χ4v) is 2.49. The molecule has 0 amide bonds. The summed E-state index contributed by atoms with van der Waals surface area (Å²) in [5, 5.41) is 0.660. The second kappa shape index (κ2) is 4.46. The van der Waals surface area contributed by atoms with Crippen molar-refractivity contribution in [1.29, 1.82) is 0 Å². The van der Waals surface area contributed by atoms with Crippen LogP contribution in [0.4, 0.5) is 0 Å². The van der Waals surface area contributed by atoms with Gasteiger partial charge in [0.25, 0.3) is 0 Å². The molecule has 0 spiro atoms. The van der Waals surface area contributed by atoms with E-state index in [-0.39, 0.29) is 11.9 Å². The average Bonchev–Trinajstić information content (AvgIpc) is 2.39. The minimum Gasteiger partial charge on any atom is -0.426 e. The summed E-state index contributed by atoms with van der Waals surface area (Å²) in [6, 6.07) is 15.3. The highest BCUT2D eigenvalue weighted by Gasteiger charge is 2.28. The number of benzene rings is 2. The lowest BCUT2D eigenvalue weighted by atomic mass is 9.86. The summed E-state index contributed by atoms with van der Waals surface area (Å²) < 4.78 is 5.24. The van der Waals surface area contributed by atoms with Crippen molar-refractivity contribution in [2.45, 2.75) is 12.3 Å². The summed E-state index contributed by atoms with van der Waals surface area (Å²) in [7, 11) is 0. The number of halogens is 1. The van der Waals surface area contributed by atoms with E-state index >= 15 is 0 Å². The molecule has 3 heteroatoms. The van der Waals surface area contributed by atoms with Crippen LogP contribution in [0, 0.1) is 0 Å². The molecule has 1 aliphatic rings. The van der Waals surface area contributed by atoms with Gasteiger partial charge in [0.05, 0.1) is 6.42 Å². The van der Waals surface area contributed by atoms with Crippen molar-refractivity contribution in [1.82, 2.24) is 0 Å². The van der Waals surface area contributed by atoms with E-state index in [1.165, 1.54) is 0 Å². The largest absolute Gasteiger partial charge is 0.426 e. The van der Waals surface area contributed by atoms with Crippen LogP contribution in [0.3, 0.4) is 0 Å². The molecule has 1 heterocycles. The molecule has 0 saturated carbocycles. The molecule has 0 bridgehead atoms. The van der Waals surface area contributed by atoms with Gasteiger partial charge in [0, 0.05) is 16.5 Å². The smallest absolute Gasteiger partial charge is 0.312 e. The molecular formula is C15H11ClO2. The predicted octanol–water partition coefficient (Wildman–Crippen LogP) is 3.78. The van der Waals surface area contributed by atoms with Crippen LogP contribution in [0.2, 0.25) is 5.02 Å². The first-order chi connectivity index (χ1) is 8.74. The summed E-state index contributed by atoms with van der Waals surface area (Å²) in [6.07, 6.45) is 0.358. The van der Waals surface area contributed by atoms with Crippen LogP contribution >= 0.6 is 11.6 Å². The zero-order valence-electron chi connectivity index (χ0n) is 9.60. The molecule has 0 aromatic heterocycles. The maximum Gasteiger partial charge on any atom is 0.312 e. The Morgan fingerprint density at radius 3 is 2.67 bits per heavy atom. The van der Waals surface area contributed by atoms with E-state index in [1.54, 1.807) is 12.1 Å². The van der Waals surface area contributed by atoms with Crippen LogP contribution in [0.5, 0.6) is 5.75 Å². The average molecular weight is 259 g/mol. The molecule has 1 aliphatic heterocycles. The Bertz CT molecular complexity index is 593. The Hall–Kier alpha value is -1.80. The first kappa shape index (κ1) is 11.3. The van der Waals surface area contributed by atoms with Gasteiger partial charge in [-0.25, -0.2) is 0 Å². The standard InChI is InChI=1S/C15H11ClO2/c16-11-6-7-14-13(8-11)12(9-15(17)18-14)10-4-2-1-3-5-10/h1-8,12H,9H2. The maximum atomic E-state index is 11.6. The van der Waals surface area contributed by atoms with Crippen molar-refractivity contribution in [3.8, 4) is 5.75 Å². The summed E-state index contributed by atoms with van der Waals surface area (Å²) in [5.74, 6) is 0.448. The maximum absolute atomic E-state index is 11.6. The highest BCUT2D eigenvalue weighted by Crippen LogP contribution is 2.39. The van der Waals surface area contributed by atoms with Gasteiger partial charge in [0.15, 0.2) is 0 Å². The van der Waals surface area contributed by atoms with Gasteiger partial charge in [-0.05, 0) is 23.8 Å². The van der Waals surface area contributed by atoms with E-state index in [9.17, 15) is 4.79 Å². The molecule has 3 rings (SSSR count). The van der Waals surface area contributed by atoms with E-state index < -0.39 is 0 Å². The van der Waals surface area contributed by atoms with Gasteiger partial charge in [0.2, 0.25) is 0 Å². The van der Waals surface area contributed by atoms with Gasteiger partial charge in [-0.2, -0.15) is 0 Å². The third-order valence-electron chi connectivity index (χ3n) is 3.14. The topological polar surface area (TPSA) is 26.3 Å². The summed E-state index contributed by atoms with van der Waals surface area (Å²) >= 11 is 6.03.